The number of fused-ring (bicyclic) bond motifs is 1. The molecule has 1 fully saturated rings. The minimum atomic E-state index is 0.0561. The highest BCUT2D eigenvalue weighted by Crippen LogP contribution is 2.33. The Morgan fingerprint density at radius 3 is 2.71 bits per heavy atom. The van der Waals surface area contributed by atoms with E-state index < -0.39 is 0 Å². The van der Waals surface area contributed by atoms with E-state index in [1.165, 1.54) is 5.56 Å². The van der Waals surface area contributed by atoms with Gasteiger partial charge in [0.05, 0.1) is 29.6 Å². The monoisotopic (exact) mass is 475 g/mol. The van der Waals surface area contributed by atoms with E-state index >= 15 is 0 Å². The Morgan fingerprint density at radius 1 is 1.15 bits per heavy atom. The summed E-state index contributed by atoms with van der Waals surface area (Å²) >= 11 is 1.70. The topological polar surface area (TPSA) is 72.3 Å². The van der Waals surface area contributed by atoms with Gasteiger partial charge in [-0.2, -0.15) is 10.1 Å². The molecule has 1 aliphatic heterocycles. The summed E-state index contributed by atoms with van der Waals surface area (Å²) in [6.07, 6.45) is 2.18. The van der Waals surface area contributed by atoms with Crippen molar-refractivity contribution in [1.29, 1.82) is 0 Å². The van der Waals surface area contributed by atoms with Crippen molar-refractivity contribution in [2.24, 2.45) is 0 Å². The number of carbonyl (C=O) groups is 1. The second kappa shape index (κ2) is 9.46. The fourth-order valence-electron chi connectivity index (χ4n) is 4.46. The van der Waals surface area contributed by atoms with Crippen molar-refractivity contribution in [1.82, 2.24) is 20.1 Å². The predicted molar refractivity (Wildman–Crippen MR) is 136 cm³/mol. The predicted octanol–water partition coefficient (Wildman–Crippen LogP) is 4.44. The second-order valence-electron chi connectivity index (χ2n) is 8.84. The summed E-state index contributed by atoms with van der Waals surface area (Å²) < 4.78 is 8.33. The van der Waals surface area contributed by atoms with Crippen molar-refractivity contribution in [2.45, 2.75) is 39.2 Å². The number of amides is 1. The molecule has 1 N–H and O–H groups in total. The van der Waals surface area contributed by atoms with Gasteiger partial charge in [-0.3, -0.25) is 4.79 Å². The molecule has 8 heteroatoms. The number of nitrogens with zero attached hydrogens (tertiary/aromatic N) is 4. The molecule has 0 spiro atoms. The van der Waals surface area contributed by atoms with E-state index in [4.69, 9.17) is 14.8 Å². The van der Waals surface area contributed by atoms with E-state index in [-0.39, 0.29) is 11.9 Å². The number of hydrogen-bond donors (Lipinski definition) is 1. The zero-order valence-corrected chi connectivity index (χ0v) is 20.6. The summed E-state index contributed by atoms with van der Waals surface area (Å²) in [6, 6.07) is 16.2. The highest BCUT2D eigenvalue weighted by molar-refractivity contribution is 7.22. The van der Waals surface area contributed by atoms with Gasteiger partial charge in [-0.15, -0.1) is 0 Å². The molecule has 3 heterocycles. The van der Waals surface area contributed by atoms with Crippen molar-refractivity contribution < 1.29 is 9.53 Å². The lowest BCUT2D eigenvalue weighted by Gasteiger charge is -2.32. The van der Waals surface area contributed by atoms with E-state index in [1.54, 1.807) is 18.4 Å². The van der Waals surface area contributed by atoms with Gasteiger partial charge in [0.15, 0.2) is 10.8 Å². The first kappa shape index (κ1) is 22.4. The molecule has 0 unspecified atom stereocenters. The van der Waals surface area contributed by atoms with Crippen LogP contribution < -0.4 is 15.0 Å². The third-order valence-corrected chi connectivity index (χ3v) is 7.47. The highest BCUT2D eigenvalue weighted by Gasteiger charge is 2.24. The van der Waals surface area contributed by atoms with E-state index in [0.717, 1.165) is 64.1 Å². The van der Waals surface area contributed by atoms with Gasteiger partial charge in [0, 0.05) is 19.1 Å². The van der Waals surface area contributed by atoms with Gasteiger partial charge in [-0.1, -0.05) is 35.6 Å². The Balaban J connectivity index is 1.23. The summed E-state index contributed by atoms with van der Waals surface area (Å²) in [5, 5.41) is 8.96. The quantitative estimate of drug-likeness (QED) is 0.447. The third kappa shape index (κ3) is 4.63. The number of aromatic nitrogens is 3. The molecule has 5 rings (SSSR count). The molecule has 0 saturated carbocycles. The van der Waals surface area contributed by atoms with Crippen LogP contribution in [-0.4, -0.2) is 46.9 Å². The molecule has 0 aliphatic carbocycles. The van der Waals surface area contributed by atoms with Gasteiger partial charge in [0.25, 0.3) is 0 Å². The van der Waals surface area contributed by atoms with Gasteiger partial charge >= 0.3 is 0 Å². The van der Waals surface area contributed by atoms with E-state index in [1.807, 2.05) is 41.9 Å². The third-order valence-electron chi connectivity index (χ3n) is 6.25. The molecule has 1 saturated heterocycles. The number of carbonyl (C=O) groups excluding carboxylic acids is 1. The molecule has 0 radical (unpaired) electrons. The number of ether oxygens (including phenoxy) is 1. The number of benzene rings is 2. The summed E-state index contributed by atoms with van der Waals surface area (Å²) in [5.41, 5.74) is 5.11. The zero-order valence-electron chi connectivity index (χ0n) is 19.7. The van der Waals surface area contributed by atoms with E-state index in [0.29, 0.717) is 6.42 Å². The lowest BCUT2D eigenvalue weighted by Crippen LogP contribution is -2.45. The molecular formula is C26H29N5O2S. The fraction of sp³-hybridized carbons (Fsp3) is 0.346. The van der Waals surface area contributed by atoms with Crippen molar-refractivity contribution in [3.63, 3.8) is 0 Å². The number of aryl methyl sites for hydroxylation is 2. The Morgan fingerprint density at radius 2 is 1.94 bits per heavy atom. The molecule has 0 atom stereocenters. The van der Waals surface area contributed by atoms with Crippen molar-refractivity contribution in [2.75, 3.05) is 25.1 Å². The largest absolute Gasteiger partial charge is 0.497 e. The molecule has 2 aromatic heterocycles. The first-order chi connectivity index (χ1) is 16.5. The van der Waals surface area contributed by atoms with Crippen LogP contribution in [0.3, 0.4) is 0 Å². The molecule has 2 aromatic carbocycles. The summed E-state index contributed by atoms with van der Waals surface area (Å²) in [5.74, 6) is 0.829. The average Bonchev–Trinajstić information content (AvgIpc) is 3.40. The summed E-state index contributed by atoms with van der Waals surface area (Å²) in [4.78, 5) is 19.9. The number of hydrogen-bond acceptors (Lipinski definition) is 6. The van der Waals surface area contributed by atoms with E-state index in [2.05, 4.69) is 35.3 Å². The Kier molecular flexibility index (Phi) is 6.24. The van der Waals surface area contributed by atoms with Gasteiger partial charge in [0.2, 0.25) is 5.91 Å². The van der Waals surface area contributed by atoms with Crippen LogP contribution in [0, 0.1) is 13.8 Å². The minimum absolute atomic E-state index is 0.0561. The highest BCUT2D eigenvalue weighted by atomic mass is 32.1. The van der Waals surface area contributed by atoms with Crippen molar-refractivity contribution >= 4 is 32.7 Å². The van der Waals surface area contributed by atoms with Gasteiger partial charge < -0.3 is 15.0 Å². The van der Waals surface area contributed by atoms with Crippen LogP contribution in [0.15, 0.2) is 48.5 Å². The number of rotatable bonds is 6. The maximum atomic E-state index is 12.6. The van der Waals surface area contributed by atoms with Crippen LogP contribution in [0.5, 0.6) is 5.75 Å². The summed E-state index contributed by atoms with van der Waals surface area (Å²) in [7, 11) is 1.64. The Labute approximate surface area is 203 Å². The van der Waals surface area contributed by atoms with Gasteiger partial charge in [-0.05, 0) is 62.1 Å². The smallest absolute Gasteiger partial charge is 0.224 e. The molecule has 1 amide bonds. The van der Waals surface area contributed by atoms with Crippen LogP contribution in [0.2, 0.25) is 0 Å². The number of methoxy groups -OCH3 is 1. The normalized spacial score (nSPS) is 14.5. The minimum Gasteiger partial charge on any atom is -0.497 e. The Hall–Kier alpha value is -3.39. The molecular weight excluding hydrogens is 446 g/mol. The number of anilines is 1. The molecule has 7 nitrogen and oxygen atoms in total. The lowest BCUT2D eigenvalue weighted by atomic mass is 10.0. The van der Waals surface area contributed by atoms with Crippen LogP contribution in [0.1, 0.15) is 29.7 Å². The molecule has 34 heavy (non-hydrogen) atoms. The van der Waals surface area contributed by atoms with Gasteiger partial charge in [-0.25, -0.2) is 4.68 Å². The zero-order chi connectivity index (χ0) is 23.7. The van der Waals surface area contributed by atoms with Crippen LogP contribution >= 0.6 is 11.3 Å². The van der Waals surface area contributed by atoms with Crippen LogP contribution in [0.4, 0.5) is 5.13 Å². The maximum absolute atomic E-state index is 12.6. The average molecular weight is 476 g/mol. The lowest BCUT2D eigenvalue weighted by molar-refractivity contribution is -0.121. The van der Waals surface area contributed by atoms with Crippen molar-refractivity contribution in [3.05, 3.63) is 65.4 Å². The van der Waals surface area contributed by atoms with Crippen molar-refractivity contribution in [3.8, 4) is 11.4 Å². The Bertz CT molecular complexity index is 1320. The van der Waals surface area contributed by atoms with Crippen LogP contribution in [0.25, 0.3) is 16.0 Å². The van der Waals surface area contributed by atoms with Crippen LogP contribution in [-0.2, 0) is 11.2 Å². The standard InChI is InChI=1S/C26H29N5O2S/c1-17-6-4-8-21(14-17)31-25-24(18(2)29-31)34-26(28-25)30-12-10-20(11-13-30)27-23(32)16-19-7-5-9-22(15-19)33-3/h4-9,14-15,20H,10-13,16H2,1-3H3,(H,27,32). The second-order valence-corrected chi connectivity index (χ2v) is 9.82. The fourth-order valence-corrected chi connectivity index (χ4v) is 5.50. The number of nitrogens with one attached hydrogen (secondary N) is 1. The first-order valence-corrected chi connectivity index (χ1v) is 12.4. The van der Waals surface area contributed by atoms with E-state index in [9.17, 15) is 4.79 Å². The molecule has 0 bridgehead atoms. The van der Waals surface area contributed by atoms with Gasteiger partial charge in [0.1, 0.15) is 5.75 Å². The number of piperidine rings is 1. The molecule has 1 aliphatic rings. The summed E-state index contributed by atoms with van der Waals surface area (Å²) in [6.45, 7) is 5.87. The molecule has 176 valence electrons. The first-order valence-electron chi connectivity index (χ1n) is 11.6. The SMILES string of the molecule is COc1cccc(CC(=O)NC2CCN(c3nc4c(s3)c(C)nn4-c3cccc(C)c3)CC2)c1. The maximum Gasteiger partial charge on any atom is 0.224 e. The number of thiazole rings is 1. The molecule has 4 aromatic rings.